The number of aliphatic hydroxyl groups is 1. The van der Waals surface area contributed by atoms with Crippen LogP contribution in [0.1, 0.15) is 27.9 Å². The lowest BCUT2D eigenvalue weighted by Crippen LogP contribution is -2.31. The van der Waals surface area contributed by atoms with Crippen LogP contribution in [0, 0.1) is 6.92 Å². The Morgan fingerprint density at radius 3 is 2.53 bits per heavy atom. The first-order chi connectivity index (χ1) is 15.5. The van der Waals surface area contributed by atoms with Gasteiger partial charge in [-0.25, -0.2) is 0 Å². The van der Waals surface area contributed by atoms with E-state index in [2.05, 4.69) is 4.98 Å². The monoisotopic (exact) mass is 428 g/mol. The first-order valence-corrected chi connectivity index (χ1v) is 10.1. The average Bonchev–Trinajstić information content (AvgIpc) is 3.51. The van der Waals surface area contributed by atoms with Crippen LogP contribution in [0.5, 0.6) is 5.75 Å². The number of furan rings is 1. The maximum Gasteiger partial charge on any atom is 0.294 e. The van der Waals surface area contributed by atoms with E-state index in [0.717, 1.165) is 22.2 Å². The molecule has 7 nitrogen and oxygen atoms in total. The summed E-state index contributed by atoms with van der Waals surface area (Å²) in [4.78, 5) is 31.4. The quantitative estimate of drug-likeness (QED) is 0.443. The molecule has 0 aliphatic carbocycles. The Bertz CT molecular complexity index is 1360. The maximum atomic E-state index is 13.4. The predicted molar refractivity (Wildman–Crippen MR) is 119 cm³/mol. The zero-order valence-electron chi connectivity index (χ0n) is 17.5. The number of fused-ring (bicyclic) bond motifs is 1. The number of Topliss-reactive ketones (excluding diaryl/α,β-unsaturated/α-hetero) is 1. The fraction of sp³-hybridized carbons (Fsp3) is 0.120. The number of nitrogens with zero attached hydrogens (tertiary/aromatic N) is 1. The van der Waals surface area contributed by atoms with E-state index in [1.807, 2.05) is 31.2 Å². The number of carbonyl (C=O) groups is 2. The van der Waals surface area contributed by atoms with Crippen molar-refractivity contribution in [2.75, 3.05) is 12.0 Å². The maximum absolute atomic E-state index is 13.4. The molecule has 2 aromatic carbocycles. The number of hydrogen-bond acceptors (Lipinski definition) is 5. The minimum Gasteiger partial charge on any atom is -0.503 e. The van der Waals surface area contributed by atoms with Gasteiger partial charge in [-0.05, 0) is 49.4 Å². The summed E-state index contributed by atoms with van der Waals surface area (Å²) in [6.07, 6.45) is 1.38. The predicted octanol–water partition coefficient (Wildman–Crippen LogP) is 4.86. The molecule has 1 aliphatic heterocycles. The molecule has 2 aromatic heterocycles. The van der Waals surface area contributed by atoms with Crippen molar-refractivity contribution in [1.29, 1.82) is 0 Å². The average molecular weight is 428 g/mol. The second-order valence-electron chi connectivity index (χ2n) is 7.55. The molecule has 2 N–H and O–H groups in total. The van der Waals surface area contributed by atoms with Gasteiger partial charge >= 0.3 is 0 Å². The molecule has 0 spiro atoms. The minimum absolute atomic E-state index is 0.0198. The third-order valence-electron chi connectivity index (χ3n) is 5.77. The van der Waals surface area contributed by atoms with Crippen molar-refractivity contribution < 1.29 is 23.8 Å². The highest BCUT2D eigenvalue weighted by molar-refractivity contribution is 6.20. The summed E-state index contributed by atoms with van der Waals surface area (Å²) in [6.45, 7) is 1.89. The number of aliphatic hydroxyl groups excluding tert-OH is 1. The van der Waals surface area contributed by atoms with Gasteiger partial charge in [0.15, 0.2) is 11.5 Å². The highest BCUT2D eigenvalue weighted by Crippen LogP contribution is 2.45. The van der Waals surface area contributed by atoms with E-state index in [0.29, 0.717) is 11.4 Å². The number of nitrogens with one attached hydrogen (secondary N) is 1. The molecule has 0 saturated heterocycles. The van der Waals surface area contributed by atoms with Crippen LogP contribution < -0.4 is 9.64 Å². The van der Waals surface area contributed by atoms with Gasteiger partial charge in [0.25, 0.3) is 5.91 Å². The summed E-state index contributed by atoms with van der Waals surface area (Å²) in [5, 5.41) is 11.7. The summed E-state index contributed by atoms with van der Waals surface area (Å²) in [6, 6.07) is 16.8. The molecule has 0 fully saturated rings. The first kappa shape index (κ1) is 19.7. The molecule has 1 amide bonds. The summed E-state index contributed by atoms with van der Waals surface area (Å²) >= 11 is 0. The first-order valence-electron chi connectivity index (χ1n) is 10.1. The van der Waals surface area contributed by atoms with Crippen LogP contribution in [-0.2, 0) is 4.79 Å². The SMILES string of the molecule is COc1ccc(N2C(=O)C(O)=C(C(=O)c3ccco3)C2c2c(C)[nH]c3ccccc23)cc1. The van der Waals surface area contributed by atoms with E-state index < -0.39 is 23.5 Å². The van der Waals surface area contributed by atoms with Crippen molar-refractivity contribution in [3.8, 4) is 5.75 Å². The van der Waals surface area contributed by atoms with Gasteiger partial charge in [-0.2, -0.15) is 0 Å². The smallest absolute Gasteiger partial charge is 0.294 e. The number of H-pyrrole nitrogens is 1. The molecule has 7 heteroatoms. The molecule has 0 saturated carbocycles. The summed E-state index contributed by atoms with van der Waals surface area (Å²) in [5.74, 6) is -1.09. The molecule has 5 rings (SSSR count). The summed E-state index contributed by atoms with van der Waals surface area (Å²) in [7, 11) is 1.56. The molecule has 0 radical (unpaired) electrons. The lowest BCUT2D eigenvalue weighted by atomic mass is 9.92. The molecule has 1 aliphatic rings. The number of aromatic amines is 1. The number of anilines is 1. The van der Waals surface area contributed by atoms with Crippen LogP contribution >= 0.6 is 0 Å². The van der Waals surface area contributed by atoms with E-state index >= 15 is 0 Å². The number of methoxy groups -OCH3 is 1. The van der Waals surface area contributed by atoms with Crippen molar-refractivity contribution in [3.63, 3.8) is 0 Å². The van der Waals surface area contributed by atoms with Crippen LogP contribution in [-0.4, -0.2) is 28.9 Å². The Balaban J connectivity index is 1.75. The van der Waals surface area contributed by atoms with Crippen molar-refractivity contribution in [2.24, 2.45) is 0 Å². The van der Waals surface area contributed by atoms with Gasteiger partial charge in [0.2, 0.25) is 5.78 Å². The zero-order valence-corrected chi connectivity index (χ0v) is 17.5. The van der Waals surface area contributed by atoms with Crippen LogP contribution in [0.2, 0.25) is 0 Å². The standard InChI is InChI=1S/C25H20N2O5/c1-14-20(17-6-3-4-7-18(17)26-14)22-21(23(28)19-8-5-13-32-19)24(29)25(30)27(22)15-9-11-16(31-2)12-10-15/h3-13,22,26,29H,1-2H3. The molecule has 32 heavy (non-hydrogen) atoms. The molecule has 1 unspecified atom stereocenters. The molecule has 3 heterocycles. The molecular formula is C25H20N2O5. The van der Waals surface area contributed by atoms with Gasteiger partial charge in [0.1, 0.15) is 5.75 Å². The summed E-state index contributed by atoms with van der Waals surface area (Å²) < 4.78 is 10.5. The van der Waals surface area contributed by atoms with Crippen molar-refractivity contribution in [1.82, 2.24) is 4.98 Å². The Labute approximate surface area is 183 Å². The molecule has 4 aromatic rings. The number of hydrogen-bond donors (Lipinski definition) is 2. The fourth-order valence-corrected chi connectivity index (χ4v) is 4.31. The fourth-order valence-electron chi connectivity index (χ4n) is 4.31. The van der Waals surface area contributed by atoms with Gasteiger partial charge < -0.3 is 19.2 Å². The van der Waals surface area contributed by atoms with Crippen molar-refractivity contribution in [2.45, 2.75) is 13.0 Å². The third kappa shape index (κ3) is 2.90. The Morgan fingerprint density at radius 1 is 1.09 bits per heavy atom. The van der Waals surface area contributed by atoms with Gasteiger partial charge in [-0.3, -0.25) is 14.5 Å². The van der Waals surface area contributed by atoms with E-state index in [4.69, 9.17) is 9.15 Å². The largest absolute Gasteiger partial charge is 0.503 e. The van der Waals surface area contributed by atoms with Crippen LogP contribution in [0.3, 0.4) is 0 Å². The molecule has 0 bridgehead atoms. The van der Waals surface area contributed by atoms with Gasteiger partial charge in [-0.1, -0.05) is 18.2 Å². The Morgan fingerprint density at radius 2 is 1.84 bits per heavy atom. The number of ketones is 1. The van der Waals surface area contributed by atoms with Crippen LogP contribution in [0.15, 0.2) is 82.7 Å². The van der Waals surface area contributed by atoms with E-state index in [-0.39, 0.29) is 11.3 Å². The van der Waals surface area contributed by atoms with Crippen molar-refractivity contribution in [3.05, 3.63) is 95.3 Å². The molecular weight excluding hydrogens is 408 g/mol. The van der Waals surface area contributed by atoms with Gasteiger partial charge in [0, 0.05) is 27.8 Å². The number of ether oxygens (including phenoxy) is 1. The lowest BCUT2D eigenvalue weighted by Gasteiger charge is -2.27. The Hall–Kier alpha value is -4.26. The van der Waals surface area contributed by atoms with Gasteiger partial charge in [-0.15, -0.1) is 0 Å². The number of rotatable bonds is 5. The van der Waals surface area contributed by atoms with E-state index in [9.17, 15) is 14.7 Å². The van der Waals surface area contributed by atoms with Crippen LogP contribution in [0.4, 0.5) is 5.69 Å². The summed E-state index contributed by atoms with van der Waals surface area (Å²) in [5.41, 5.74) is 2.91. The number of carbonyl (C=O) groups excluding carboxylic acids is 2. The molecule has 160 valence electrons. The minimum atomic E-state index is -0.843. The number of aromatic nitrogens is 1. The highest BCUT2D eigenvalue weighted by atomic mass is 16.5. The number of aryl methyl sites for hydroxylation is 1. The molecule has 1 atom stereocenters. The van der Waals surface area contributed by atoms with Gasteiger partial charge in [0.05, 0.1) is 25.0 Å². The number of amides is 1. The highest BCUT2D eigenvalue weighted by Gasteiger charge is 2.46. The number of para-hydroxylation sites is 1. The van der Waals surface area contributed by atoms with Crippen molar-refractivity contribution >= 4 is 28.3 Å². The zero-order chi connectivity index (χ0) is 22.4. The van der Waals surface area contributed by atoms with Crippen LogP contribution in [0.25, 0.3) is 10.9 Å². The number of benzene rings is 2. The normalized spacial score (nSPS) is 16.2. The Kier molecular flexibility index (Phi) is 4.59. The lowest BCUT2D eigenvalue weighted by molar-refractivity contribution is -0.117. The topological polar surface area (TPSA) is 95.8 Å². The third-order valence-corrected chi connectivity index (χ3v) is 5.77. The van der Waals surface area contributed by atoms with E-state index in [1.54, 1.807) is 37.4 Å². The second-order valence-corrected chi connectivity index (χ2v) is 7.55. The van der Waals surface area contributed by atoms with E-state index in [1.165, 1.54) is 17.2 Å². The second kappa shape index (κ2) is 7.46.